The molecule has 1 aromatic heterocycles. The first-order valence-electron chi connectivity index (χ1n) is 10.4. The highest BCUT2D eigenvalue weighted by Gasteiger charge is 2.39. The van der Waals surface area contributed by atoms with Crippen LogP contribution in [-0.4, -0.2) is 29.2 Å². The molecule has 0 bridgehead atoms. The van der Waals surface area contributed by atoms with Crippen molar-refractivity contribution in [2.45, 2.75) is 32.7 Å². The summed E-state index contributed by atoms with van der Waals surface area (Å²) < 4.78 is 0. The molecule has 3 amide bonds. The maximum Gasteiger partial charge on any atom is 0.266 e. The summed E-state index contributed by atoms with van der Waals surface area (Å²) in [6, 6.07) is 14.7. The van der Waals surface area contributed by atoms with Crippen LogP contribution in [0.25, 0.3) is 0 Å². The molecule has 0 N–H and O–H groups in total. The van der Waals surface area contributed by atoms with Gasteiger partial charge in [-0.05, 0) is 73.5 Å². The second kappa shape index (κ2) is 7.46. The zero-order chi connectivity index (χ0) is 21.7. The van der Waals surface area contributed by atoms with E-state index in [-0.39, 0.29) is 23.8 Å². The van der Waals surface area contributed by atoms with Gasteiger partial charge < -0.3 is 4.90 Å². The average molecular weight is 431 g/mol. The molecule has 1 saturated heterocycles. The van der Waals surface area contributed by atoms with E-state index < -0.39 is 0 Å². The summed E-state index contributed by atoms with van der Waals surface area (Å²) in [4.78, 5) is 43.8. The van der Waals surface area contributed by atoms with Gasteiger partial charge in [0, 0.05) is 17.0 Å². The molecular weight excluding hydrogens is 408 g/mol. The van der Waals surface area contributed by atoms with Crippen molar-refractivity contribution >= 4 is 34.7 Å². The summed E-state index contributed by atoms with van der Waals surface area (Å²) in [7, 11) is 0. The minimum absolute atomic E-state index is 0.0736. The number of anilines is 1. The molecule has 2 aliphatic rings. The fraction of sp³-hybridized carbons (Fsp3) is 0.240. The Labute approximate surface area is 184 Å². The highest BCUT2D eigenvalue weighted by Crippen LogP contribution is 2.36. The first-order chi connectivity index (χ1) is 15.0. The summed E-state index contributed by atoms with van der Waals surface area (Å²) in [5.41, 5.74) is 3.51. The molecule has 5 rings (SSSR count). The predicted octanol–water partition coefficient (Wildman–Crippen LogP) is 5.14. The standard InChI is InChI=1S/C25H22N2O3S/c1-15-7-8-16(2)21(13-15)27-24(29)18-10-9-17(14-19(18)25(27)30)23(28)26-11-3-5-20(26)22-6-4-12-31-22/h4,6-10,12-14,20H,3,5,11H2,1-2H3. The summed E-state index contributed by atoms with van der Waals surface area (Å²) in [6.07, 6.45) is 1.89. The molecule has 1 unspecified atom stereocenters. The Hall–Kier alpha value is -3.25. The molecule has 1 fully saturated rings. The molecule has 3 heterocycles. The van der Waals surface area contributed by atoms with Crippen LogP contribution < -0.4 is 4.90 Å². The van der Waals surface area contributed by atoms with Crippen LogP contribution in [0.4, 0.5) is 5.69 Å². The second-order valence-corrected chi connectivity index (χ2v) is 9.15. The van der Waals surface area contributed by atoms with Gasteiger partial charge >= 0.3 is 0 Å². The molecular formula is C25H22N2O3S. The number of thiophene rings is 1. The van der Waals surface area contributed by atoms with E-state index in [0.29, 0.717) is 28.9 Å². The first kappa shape index (κ1) is 19.7. The molecule has 2 aliphatic heterocycles. The molecule has 6 heteroatoms. The zero-order valence-corrected chi connectivity index (χ0v) is 18.2. The molecule has 156 valence electrons. The van der Waals surface area contributed by atoms with E-state index in [4.69, 9.17) is 0 Å². The topological polar surface area (TPSA) is 57.7 Å². The quantitative estimate of drug-likeness (QED) is 0.541. The third kappa shape index (κ3) is 3.18. The van der Waals surface area contributed by atoms with E-state index in [9.17, 15) is 14.4 Å². The number of nitrogens with zero attached hydrogens (tertiary/aromatic N) is 2. The van der Waals surface area contributed by atoms with Gasteiger partial charge in [0.2, 0.25) is 0 Å². The number of imide groups is 1. The van der Waals surface area contributed by atoms with Gasteiger partial charge in [-0.1, -0.05) is 18.2 Å². The lowest BCUT2D eigenvalue weighted by molar-refractivity contribution is 0.0737. The lowest BCUT2D eigenvalue weighted by atomic mass is 10.0. The van der Waals surface area contributed by atoms with Gasteiger partial charge in [0.25, 0.3) is 17.7 Å². The van der Waals surface area contributed by atoms with Gasteiger partial charge in [-0.25, -0.2) is 4.90 Å². The van der Waals surface area contributed by atoms with Crippen LogP contribution in [0.5, 0.6) is 0 Å². The highest BCUT2D eigenvalue weighted by molar-refractivity contribution is 7.10. The number of benzene rings is 2. The number of amides is 3. The molecule has 0 spiro atoms. The summed E-state index contributed by atoms with van der Waals surface area (Å²) >= 11 is 1.66. The average Bonchev–Trinajstić information content (AvgIpc) is 3.50. The maximum atomic E-state index is 13.3. The van der Waals surface area contributed by atoms with Gasteiger partial charge in [0.15, 0.2) is 0 Å². The van der Waals surface area contributed by atoms with Crippen LogP contribution in [0, 0.1) is 13.8 Å². The van der Waals surface area contributed by atoms with Gasteiger partial charge in [-0.3, -0.25) is 14.4 Å². The van der Waals surface area contributed by atoms with Gasteiger partial charge in [0.05, 0.1) is 22.9 Å². The van der Waals surface area contributed by atoms with Gasteiger partial charge in [-0.15, -0.1) is 11.3 Å². The van der Waals surface area contributed by atoms with E-state index in [1.165, 1.54) is 9.78 Å². The fourth-order valence-electron chi connectivity index (χ4n) is 4.51. The predicted molar refractivity (Wildman–Crippen MR) is 121 cm³/mol. The fourth-order valence-corrected chi connectivity index (χ4v) is 5.38. The Kier molecular flexibility index (Phi) is 4.74. The van der Waals surface area contributed by atoms with Crippen LogP contribution in [0.1, 0.15) is 66.0 Å². The van der Waals surface area contributed by atoms with Crippen LogP contribution in [0.2, 0.25) is 0 Å². The number of hydrogen-bond acceptors (Lipinski definition) is 4. The Bertz CT molecular complexity index is 1220. The molecule has 0 saturated carbocycles. The van der Waals surface area contributed by atoms with E-state index in [0.717, 1.165) is 24.0 Å². The molecule has 31 heavy (non-hydrogen) atoms. The van der Waals surface area contributed by atoms with Crippen molar-refractivity contribution in [2.75, 3.05) is 11.4 Å². The largest absolute Gasteiger partial charge is 0.331 e. The van der Waals surface area contributed by atoms with Crippen LogP contribution >= 0.6 is 11.3 Å². The Morgan fingerprint density at radius 1 is 1.00 bits per heavy atom. The SMILES string of the molecule is Cc1ccc(C)c(N2C(=O)c3ccc(C(=O)N4CCCC4c4cccs4)cc3C2=O)c1. The molecule has 0 aliphatic carbocycles. The minimum Gasteiger partial charge on any atom is -0.331 e. The molecule has 2 aromatic carbocycles. The highest BCUT2D eigenvalue weighted by atomic mass is 32.1. The lowest BCUT2D eigenvalue weighted by Gasteiger charge is -2.24. The van der Waals surface area contributed by atoms with Crippen molar-refractivity contribution < 1.29 is 14.4 Å². The van der Waals surface area contributed by atoms with Crippen LogP contribution in [0.15, 0.2) is 53.9 Å². The van der Waals surface area contributed by atoms with Crippen molar-refractivity contribution in [2.24, 2.45) is 0 Å². The number of hydrogen-bond donors (Lipinski definition) is 0. The second-order valence-electron chi connectivity index (χ2n) is 8.17. The van der Waals surface area contributed by atoms with Crippen molar-refractivity contribution in [3.63, 3.8) is 0 Å². The lowest BCUT2D eigenvalue weighted by Crippen LogP contribution is -2.30. The first-order valence-corrected chi connectivity index (χ1v) is 11.3. The monoisotopic (exact) mass is 430 g/mol. The summed E-state index contributed by atoms with van der Waals surface area (Å²) in [6.45, 7) is 4.50. The van der Waals surface area contributed by atoms with E-state index in [2.05, 4.69) is 6.07 Å². The number of rotatable bonds is 3. The van der Waals surface area contributed by atoms with Gasteiger partial charge in [0.1, 0.15) is 0 Å². The number of fused-ring (bicyclic) bond motifs is 1. The number of aryl methyl sites for hydroxylation is 2. The van der Waals surface area contributed by atoms with Crippen molar-refractivity contribution in [3.8, 4) is 0 Å². The number of carbonyl (C=O) groups excluding carboxylic acids is 3. The van der Waals surface area contributed by atoms with E-state index >= 15 is 0 Å². The maximum absolute atomic E-state index is 13.3. The summed E-state index contributed by atoms with van der Waals surface area (Å²) in [5.74, 6) is -0.811. The van der Waals surface area contributed by atoms with Crippen molar-refractivity contribution in [1.82, 2.24) is 4.90 Å². The van der Waals surface area contributed by atoms with Crippen molar-refractivity contribution in [3.05, 3.63) is 86.6 Å². The van der Waals surface area contributed by atoms with E-state index in [1.807, 2.05) is 48.4 Å². The van der Waals surface area contributed by atoms with Crippen molar-refractivity contribution in [1.29, 1.82) is 0 Å². The third-order valence-corrected chi connectivity index (χ3v) is 7.10. The Balaban J connectivity index is 1.48. The zero-order valence-electron chi connectivity index (χ0n) is 17.4. The van der Waals surface area contributed by atoms with Gasteiger partial charge in [-0.2, -0.15) is 0 Å². The van der Waals surface area contributed by atoms with E-state index in [1.54, 1.807) is 29.5 Å². The smallest absolute Gasteiger partial charge is 0.266 e. The molecule has 0 radical (unpaired) electrons. The van der Waals surface area contributed by atoms with Crippen LogP contribution in [-0.2, 0) is 0 Å². The molecule has 1 atom stereocenters. The number of carbonyl (C=O) groups is 3. The minimum atomic E-state index is -0.375. The summed E-state index contributed by atoms with van der Waals surface area (Å²) in [5, 5.41) is 2.03. The Morgan fingerprint density at radius 3 is 2.58 bits per heavy atom. The molecule has 3 aromatic rings. The Morgan fingerprint density at radius 2 is 1.81 bits per heavy atom. The van der Waals surface area contributed by atoms with Crippen LogP contribution in [0.3, 0.4) is 0 Å². The third-order valence-electron chi connectivity index (χ3n) is 6.12. The normalized spacial score (nSPS) is 18.1. The number of likely N-dealkylation sites (tertiary alicyclic amines) is 1. The molecule has 5 nitrogen and oxygen atoms in total.